The smallest absolute Gasteiger partial charge is 0.110 e. The van der Waals surface area contributed by atoms with Crippen molar-refractivity contribution in [3.05, 3.63) is 32.2 Å². The van der Waals surface area contributed by atoms with Crippen LogP contribution in [0.1, 0.15) is 10.4 Å². The minimum absolute atomic E-state index is 0.788. The summed E-state index contributed by atoms with van der Waals surface area (Å²) in [5.41, 5.74) is 1.28. The first-order valence-electron chi connectivity index (χ1n) is 3.80. The number of rotatable bonds is 0. The van der Waals surface area contributed by atoms with Crippen molar-refractivity contribution in [1.29, 1.82) is 5.26 Å². The highest BCUT2D eigenvalue weighted by atomic mass is 127. The third kappa shape index (κ3) is 1.56. The summed E-state index contributed by atoms with van der Waals surface area (Å²) in [7, 11) is 0. The highest BCUT2D eigenvalue weighted by Gasteiger charge is 2.03. The molecule has 64 valence electrons. The fraction of sp³-hybridized carbons (Fsp3) is 0.100. The van der Waals surface area contributed by atoms with Crippen LogP contribution in [0.15, 0.2) is 18.2 Å². The van der Waals surface area contributed by atoms with Crippen molar-refractivity contribution in [2.24, 2.45) is 0 Å². The van der Waals surface area contributed by atoms with Gasteiger partial charge in [-0.15, -0.1) is 11.3 Å². The summed E-state index contributed by atoms with van der Waals surface area (Å²) in [5.74, 6) is 0. The van der Waals surface area contributed by atoms with Crippen LogP contribution in [0.2, 0.25) is 0 Å². The van der Waals surface area contributed by atoms with Crippen LogP contribution < -0.4 is 0 Å². The molecule has 0 aliphatic rings. The number of nitrogens with zero attached hydrogens (tertiary/aromatic N) is 1. The minimum atomic E-state index is 0.788. The molecular formula is C10H6INS. The third-order valence-corrected chi connectivity index (χ3v) is 4.07. The van der Waals surface area contributed by atoms with Gasteiger partial charge in [-0.3, -0.25) is 0 Å². The molecule has 1 aromatic carbocycles. The maximum absolute atomic E-state index is 8.74. The van der Waals surface area contributed by atoms with Crippen LogP contribution in [0, 0.1) is 21.8 Å². The normalized spacial score (nSPS) is 10.2. The first-order chi connectivity index (χ1) is 6.20. The Labute approximate surface area is 94.1 Å². The predicted molar refractivity (Wildman–Crippen MR) is 64.0 cm³/mol. The Morgan fingerprint density at radius 3 is 2.85 bits per heavy atom. The van der Waals surface area contributed by atoms with Crippen LogP contribution >= 0.6 is 33.9 Å². The van der Waals surface area contributed by atoms with E-state index in [1.165, 1.54) is 19.2 Å². The fourth-order valence-corrected chi connectivity index (χ4v) is 2.65. The van der Waals surface area contributed by atoms with Crippen LogP contribution in [0.4, 0.5) is 0 Å². The molecule has 1 nitrogen and oxygen atoms in total. The summed E-state index contributed by atoms with van der Waals surface area (Å²) >= 11 is 3.87. The summed E-state index contributed by atoms with van der Waals surface area (Å²) < 4.78 is 2.46. The Balaban J connectivity index is 2.79. The van der Waals surface area contributed by atoms with E-state index in [9.17, 15) is 0 Å². The lowest BCUT2D eigenvalue weighted by molar-refractivity contribution is 1.47. The Kier molecular flexibility index (Phi) is 2.26. The maximum atomic E-state index is 8.74. The van der Waals surface area contributed by atoms with Gasteiger partial charge in [0.15, 0.2) is 0 Å². The maximum Gasteiger partial charge on any atom is 0.110 e. The van der Waals surface area contributed by atoms with E-state index < -0.39 is 0 Å². The van der Waals surface area contributed by atoms with Gasteiger partial charge in [-0.25, -0.2) is 0 Å². The molecule has 0 amide bonds. The number of hydrogen-bond donors (Lipinski definition) is 0. The molecular weight excluding hydrogens is 293 g/mol. The van der Waals surface area contributed by atoms with Crippen LogP contribution in [-0.4, -0.2) is 0 Å². The molecule has 3 heteroatoms. The zero-order valence-corrected chi connectivity index (χ0v) is 9.94. The number of nitriles is 1. The second kappa shape index (κ2) is 3.28. The molecule has 2 rings (SSSR count). The lowest BCUT2D eigenvalue weighted by atomic mass is 10.2. The van der Waals surface area contributed by atoms with Gasteiger partial charge < -0.3 is 0 Å². The second-order valence-corrected chi connectivity index (χ2v) is 5.11. The molecule has 0 aliphatic heterocycles. The van der Waals surface area contributed by atoms with Gasteiger partial charge in [0.2, 0.25) is 0 Å². The summed E-state index contributed by atoms with van der Waals surface area (Å²) in [6.45, 7) is 2.09. The molecule has 13 heavy (non-hydrogen) atoms. The Morgan fingerprint density at radius 1 is 1.38 bits per heavy atom. The number of halogens is 1. The highest BCUT2D eigenvalue weighted by Crippen LogP contribution is 2.28. The van der Waals surface area contributed by atoms with E-state index in [2.05, 4.69) is 47.7 Å². The van der Waals surface area contributed by atoms with Crippen LogP contribution in [0.25, 0.3) is 10.1 Å². The van der Waals surface area contributed by atoms with Crippen molar-refractivity contribution in [3.8, 4) is 6.07 Å². The first kappa shape index (κ1) is 8.97. The highest BCUT2D eigenvalue weighted by molar-refractivity contribution is 14.1. The molecule has 0 saturated heterocycles. The van der Waals surface area contributed by atoms with Crippen molar-refractivity contribution in [2.75, 3.05) is 0 Å². The number of thiophene rings is 1. The van der Waals surface area contributed by atoms with E-state index in [-0.39, 0.29) is 0 Å². The van der Waals surface area contributed by atoms with Crippen molar-refractivity contribution in [3.63, 3.8) is 0 Å². The lowest BCUT2D eigenvalue weighted by Crippen LogP contribution is -1.76. The van der Waals surface area contributed by atoms with E-state index in [1.54, 1.807) is 11.3 Å². The largest absolute Gasteiger partial charge is 0.192 e. The van der Waals surface area contributed by atoms with Crippen molar-refractivity contribution in [1.82, 2.24) is 0 Å². The Bertz CT molecular complexity index is 468. The average molecular weight is 299 g/mol. The molecule has 0 spiro atoms. The number of benzene rings is 1. The topological polar surface area (TPSA) is 23.8 Å². The molecule has 0 bridgehead atoms. The van der Waals surface area contributed by atoms with Gasteiger partial charge in [0.05, 0.1) is 0 Å². The van der Waals surface area contributed by atoms with Gasteiger partial charge in [-0.2, -0.15) is 5.26 Å². The standard InChI is InChI=1S/C10H6INS/c1-6-2-10-7(4-9(6)11)3-8(5-12)13-10/h2-4H,1H3. The lowest BCUT2D eigenvalue weighted by Gasteiger charge is -1.96. The van der Waals surface area contributed by atoms with E-state index in [1.807, 2.05) is 6.07 Å². The molecule has 0 fully saturated rings. The minimum Gasteiger partial charge on any atom is -0.192 e. The molecule has 0 N–H and O–H groups in total. The molecule has 0 atom stereocenters. The van der Waals surface area contributed by atoms with E-state index >= 15 is 0 Å². The van der Waals surface area contributed by atoms with Gasteiger partial charge in [-0.05, 0) is 58.7 Å². The molecule has 1 heterocycles. The number of fused-ring (bicyclic) bond motifs is 1. The molecule has 0 unspecified atom stereocenters. The molecule has 0 aliphatic carbocycles. The van der Waals surface area contributed by atoms with Crippen LogP contribution in [0.5, 0.6) is 0 Å². The van der Waals surface area contributed by atoms with Gasteiger partial charge in [0, 0.05) is 8.27 Å². The van der Waals surface area contributed by atoms with Gasteiger partial charge >= 0.3 is 0 Å². The fourth-order valence-electron chi connectivity index (χ4n) is 1.22. The van der Waals surface area contributed by atoms with Crippen molar-refractivity contribution >= 4 is 44.0 Å². The van der Waals surface area contributed by atoms with E-state index in [0.29, 0.717) is 0 Å². The summed E-state index contributed by atoms with van der Waals surface area (Å²) in [4.78, 5) is 0.788. The SMILES string of the molecule is Cc1cc2sc(C#N)cc2cc1I. The van der Waals surface area contributed by atoms with Gasteiger partial charge in [-0.1, -0.05) is 0 Å². The molecule has 1 aromatic heterocycles. The zero-order valence-electron chi connectivity index (χ0n) is 6.97. The van der Waals surface area contributed by atoms with Crippen LogP contribution in [0.3, 0.4) is 0 Å². The summed E-state index contributed by atoms with van der Waals surface area (Å²) in [6.07, 6.45) is 0. The van der Waals surface area contributed by atoms with Crippen molar-refractivity contribution < 1.29 is 0 Å². The quantitative estimate of drug-likeness (QED) is 0.681. The first-order valence-corrected chi connectivity index (χ1v) is 5.70. The summed E-state index contributed by atoms with van der Waals surface area (Å²) in [5, 5.41) is 9.91. The molecule has 0 radical (unpaired) electrons. The Hall–Kier alpha value is -0.600. The molecule has 2 aromatic rings. The molecule has 0 saturated carbocycles. The summed E-state index contributed by atoms with van der Waals surface area (Å²) in [6, 6.07) is 8.39. The van der Waals surface area contributed by atoms with E-state index in [0.717, 1.165) is 4.88 Å². The third-order valence-electron chi connectivity index (χ3n) is 1.91. The second-order valence-electron chi connectivity index (χ2n) is 2.86. The Morgan fingerprint density at radius 2 is 2.15 bits per heavy atom. The predicted octanol–water partition coefficient (Wildman–Crippen LogP) is 3.69. The average Bonchev–Trinajstić information content (AvgIpc) is 2.48. The monoisotopic (exact) mass is 299 g/mol. The van der Waals surface area contributed by atoms with Crippen molar-refractivity contribution in [2.45, 2.75) is 6.92 Å². The van der Waals surface area contributed by atoms with E-state index in [4.69, 9.17) is 5.26 Å². The number of hydrogen-bond acceptors (Lipinski definition) is 2. The number of aryl methyl sites for hydroxylation is 1. The van der Waals surface area contributed by atoms with Crippen LogP contribution in [-0.2, 0) is 0 Å². The zero-order chi connectivity index (χ0) is 9.42. The van der Waals surface area contributed by atoms with Gasteiger partial charge in [0.25, 0.3) is 0 Å². The van der Waals surface area contributed by atoms with Gasteiger partial charge in [0.1, 0.15) is 10.9 Å².